The maximum Gasteiger partial charge on any atom is 0.131 e. The minimum Gasteiger partial charge on any atom is -0.355 e. The first kappa shape index (κ1) is 14.3. The smallest absolute Gasteiger partial charge is 0.131 e. The second-order valence-corrected chi connectivity index (χ2v) is 5.33. The Morgan fingerprint density at radius 3 is 2.63 bits per heavy atom. The zero-order valence-corrected chi connectivity index (χ0v) is 12.7. The fraction of sp³-hybridized carbons (Fsp3) is 0.786. The highest BCUT2D eigenvalue weighted by Gasteiger charge is 2.29. The van der Waals surface area contributed by atoms with Gasteiger partial charge in [-0.25, -0.2) is 0 Å². The van der Waals surface area contributed by atoms with Gasteiger partial charge in [-0.3, -0.25) is 9.58 Å². The molecule has 0 bridgehead atoms. The van der Waals surface area contributed by atoms with Crippen molar-refractivity contribution in [3.63, 3.8) is 0 Å². The Bertz CT molecular complexity index is 422. The molecule has 5 heteroatoms. The summed E-state index contributed by atoms with van der Waals surface area (Å²) in [6.07, 6.45) is 1.23. The topological polar surface area (TPSA) is 50.3 Å². The average Bonchev–Trinajstić information content (AvgIpc) is 2.95. The highest BCUT2D eigenvalue weighted by atomic mass is 15.4. The van der Waals surface area contributed by atoms with Crippen LogP contribution in [-0.2, 0) is 13.6 Å². The molecule has 1 atom stereocenters. The van der Waals surface area contributed by atoms with E-state index < -0.39 is 0 Å². The molecular formula is C14H27N5. The summed E-state index contributed by atoms with van der Waals surface area (Å²) < 4.78 is 1.99. The lowest BCUT2D eigenvalue weighted by Crippen LogP contribution is -2.37. The van der Waals surface area contributed by atoms with E-state index in [1.807, 2.05) is 18.7 Å². The van der Waals surface area contributed by atoms with Gasteiger partial charge < -0.3 is 10.6 Å². The third kappa shape index (κ3) is 2.62. The summed E-state index contributed by atoms with van der Waals surface area (Å²) in [6, 6.07) is 0.663. The SMILES string of the molecule is CCN(CC)C1CCN(c2c(CN)c(C)nn2C)C1. The van der Waals surface area contributed by atoms with Crippen molar-refractivity contribution < 1.29 is 0 Å². The summed E-state index contributed by atoms with van der Waals surface area (Å²) in [5, 5.41) is 4.52. The van der Waals surface area contributed by atoms with Gasteiger partial charge in [-0.15, -0.1) is 0 Å². The third-order valence-corrected chi connectivity index (χ3v) is 4.31. The van der Waals surface area contributed by atoms with Crippen molar-refractivity contribution in [3.8, 4) is 0 Å². The molecule has 1 aliphatic heterocycles. The molecule has 0 spiro atoms. The summed E-state index contributed by atoms with van der Waals surface area (Å²) in [5.74, 6) is 1.22. The monoisotopic (exact) mass is 265 g/mol. The van der Waals surface area contributed by atoms with Crippen LogP contribution < -0.4 is 10.6 Å². The van der Waals surface area contributed by atoms with Crippen molar-refractivity contribution in [1.29, 1.82) is 0 Å². The summed E-state index contributed by atoms with van der Waals surface area (Å²) in [4.78, 5) is 5.00. The molecule has 1 aliphatic rings. The van der Waals surface area contributed by atoms with Crippen molar-refractivity contribution in [3.05, 3.63) is 11.3 Å². The van der Waals surface area contributed by atoms with Crippen molar-refractivity contribution in [2.75, 3.05) is 31.1 Å². The fourth-order valence-electron chi connectivity index (χ4n) is 3.30. The Labute approximate surface area is 116 Å². The average molecular weight is 265 g/mol. The lowest BCUT2D eigenvalue weighted by Gasteiger charge is -2.27. The van der Waals surface area contributed by atoms with Crippen LogP contribution in [0.4, 0.5) is 5.82 Å². The lowest BCUT2D eigenvalue weighted by molar-refractivity contribution is 0.232. The second-order valence-electron chi connectivity index (χ2n) is 5.33. The Balaban J connectivity index is 2.17. The van der Waals surface area contributed by atoms with E-state index in [1.54, 1.807) is 0 Å². The van der Waals surface area contributed by atoms with Crippen LogP contribution in [0.2, 0.25) is 0 Å². The molecule has 0 aliphatic carbocycles. The normalized spacial score (nSPS) is 19.7. The molecule has 108 valence electrons. The van der Waals surface area contributed by atoms with E-state index in [-0.39, 0.29) is 0 Å². The van der Waals surface area contributed by atoms with Gasteiger partial charge in [-0.05, 0) is 26.4 Å². The van der Waals surface area contributed by atoms with E-state index in [0.29, 0.717) is 12.6 Å². The van der Waals surface area contributed by atoms with Gasteiger partial charge in [0.2, 0.25) is 0 Å². The van der Waals surface area contributed by atoms with Crippen LogP contribution in [0.15, 0.2) is 0 Å². The molecule has 5 nitrogen and oxygen atoms in total. The van der Waals surface area contributed by atoms with Crippen molar-refractivity contribution in [2.24, 2.45) is 12.8 Å². The Morgan fingerprint density at radius 2 is 2.05 bits per heavy atom. The molecule has 2 heterocycles. The van der Waals surface area contributed by atoms with Crippen molar-refractivity contribution in [2.45, 2.75) is 39.8 Å². The van der Waals surface area contributed by atoms with Gasteiger partial charge in [-0.2, -0.15) is 5.10 Å². The molecule has 0 amide bonds. The van der Waals surface area contributed by atoms with E-state index in [1.165, 1.54) is 17.8 Å². The molecule has 0 saturated carbocycles. The molecule has 1 unspecified atom stereocenters. The molecule has 1 aromatic heterocycles. The van der Waals surface area contributed by atoms with Crippen molar-refractivity contribution >= 4 is 5.82 Å². The first-order valence-electron chi connectivity index (χ1n) is 7.33. The maximum absolute atomic E-state index is 5.89. The first-order chi connectivity index (χ1) is 9.12. The van der Waals surface area contributed by atoms with E-state index >= 15 is 0 Å². The van der Waals surface area contributed by atoms with Gasteiger partial charge in [0.1, 0.15) is 5.82 Å². The summed E-state index contributed by atoms with van der Waals surface area (Å²) in [7, 11) is 2.02. The molecule has 0 aromatic carbocycles. The van der Waals surface area contributed by atoms with Gasteiger partial charge in [0.05, 0.1) is 5.69 Å². The molecule has 0 radical (unpaired) electrons. The number of aryl methyl sites for hydroxylation is 2. The molecule has 1 fully saturated rings. The van der Waals surface area contributed by atoms with Crippen LogP contribution >= 0.6 is 0 Å². The van der Waals surface area contributed by atoms with Gasteiger partial charge in [0.15, 0.2) is 0 Å². The standard InChI is InChI=1S/C14H27N5/c1-5-18(6-2)12-7-8-19(10-12)14-13(9-15)11(3)16-17(14)4/h12H,5-10,15H2,1-4H3. The van der Waals surface area contributed by atoms with Gasteiger partial charge in [0, 0.05) is 38.3 Å². The van der Waals surface area contributed by atoms with Crippen LogP contribution in [0.3, 0.4) is 0 Å². The van der Waals surface area contributed by atoms with Crippen LogP contribution in [0.1, 0.15) is 31.5 Å². The number of aromatic nitrogens is 2. The predicted octanol–water partition coefficient (Wildman–Crippen LogP) is 1.11. The van der Waals surface area contributed by atoms with Gasteiger partial charge >= 0.3 is 0 Å². The molecule has 1 aromatic rings. The highest BCUT2D eigenvalue weighted by Crippen LogP contribution is 2.27. The number of nitrogens with two attached hydrogens (primary N) is 1. The van der Waals surface area contributed by atoms with E-state index in [0.717, 1.165) is 31.9 Å². The summed E-state index contributed by atoms with van der Waals surface area (Å²) in [6.45, 7) is 11.6. The molecule has 1 saturated heterocycles. The van der Waals surface area contributed by atoms with Crippen molar-refractivity contribution in [1.82, 2.24) is 14.7 Å². The van der Waals surface area contributed by atoms with Gasteiger partial charge in [-0.1, -0.05) is 13.8 Å². The van der Waals surface area contributed by atoms with E-state index in [9.17, 15) is 0 Å². The van der Waals surface area contributed by atoms with Crippen LogP contribution in [0, 0.1) is 6.92 Å². The minimum absolute atomic E-state index is 0.571. The molecule has 19 heavy (non-hydrogen) atoms. The van der Waals surface area contributed by atoms with Crippen LogP contribution in [0.25, 0.3) is 0 Å². The summed E-state index contributed by atoms with van der Waals surface area (Å²) >= 11 is 0. The summed E-state index contributed by atoms with van der Waals surface area (Å²) in [5.41, 5.74) is 8.15. The Kier molecular flexibility index (Phi) is 4.47. The number of nitrogens with zero attached hydrogens (tertiary/aromatic N) is 4. The van der Waals surface area contributed by atoms with Gasteiger partial charge in [0.25, 0.3) is 0 Å². The lowest BCUT2D eigenvalue weighted by atomic mass is 10.2. The quantitative estimate of drug-likeness (QED) is 0.866. The molecule has 2 rings (SSSR count). The number of hydrogen-bond acceptors (Lipinski definition) is 4. The number of hydrogen-bond donors (Lipinski definition) is 1. The van der Waals surface area contributed by atoms with Crippen LogP contribution in [-0.4, -0.2) is 46.9 Å². The van der Waals surface area contributed by atoms with Crippen LogP contribution in [0.5, 0.6) is 0 Å². The third-order valence-electron chi connectivity index (χ3n) is 4.31. The largest absolute Gasteiger partial charge is 0.355 e. The molecular weight excluding hydrogens is 238 g/mol. The number of rotatable bonds is 5. The predicted molar refractivity (Wildman–Crippen MR) is 79.4 cm³/mol. The van der Waals surface area contributed by atoms with E-state index in [4.69, 9.17) is 5.73 Å². The fourth-order valence-corrected chi connectivity index (χ4v) is 3.30. The zero-order chi connectivity index (χ0) is 14.0. The second kappa shape index (κ2) is 5.92. The maximum atomic E-state index is 5.89. The zero-order valence-electron chi connectivity index (χ0n) is 12.7. The Hall–Kier alpha value is -1.07. The highest BCUT2D eigenvalue weighted by molar-refractivity contribution is 5.51. The van der Waals surface area contributed by atoms with E-state index in [2.05, 4.69) is 28.7 Å². The first-order valence-corrected chi connectivity index (χ1v) is 7.33. The molecule has 2 N–H and O–H groups in total. The minimum atomic E-state index is 0.571. The number of anilines is 1. The number of likely N-dealkylation sites (N-methyl/N-ethyl adjacent to an activating group) is 1. The Morgan fingerprint density at radius 1 is 1.37 bits per heavy atom.